The molecule has 1 aromatic heterocycles. The summed E-state index contributed by atoms with van der Waals surface area (Å²) in [5.41, 5.74) is 0.916. The monoisotopic (exact) mass is 298 g/mol. The fourth-order valence-electron chi connectivity index (χ4n) is 2.55. The first-order valence-corrected chi connectivity index (χ1v) is 7.07. The second-order valence-corrected chi connectivity index (χ2v) is 5.46. The van der Waals surface area contributed by atoms with Crippen LogP contribution in [-0.2, 0) is 6.61 Å². The Hall–Kier alpha value is -0.610. The lowest BCUT2D eigenvalue weighted by molar-refractivity contribution is 0.280. The lowest BCUT2D eigenvalue weighted by atomic mass is 9.99. The van der Waals surface area contributed by atoms with E-state index in [9.17, 15) is 5.11 Å². The molecule has 1 aromatic rings. The van der Waals surface area contributed by atoms with Gasteiger partial charge in [0.25, 0.3) is 0 Å². The number of aliphatic hydroxyl groups is 1. The van der Waals surface area contributed by atoms with E-state index in [-0.39, 0.29) is 6.61 Å². The van der Waals surface area contributed by atoms with Gasteiger partial charge in [-0.3, -0.25) is 0 Å². The van der Waals surface area contributed by atoms with Crippen molar-refractivity contribution >= 4 is 21.7 Å². The minimum atomic E-state index is 0.0503. The van der Waals surface area contributed by atoms with Gasteiger partial charge in [0.1, 0.15) is 5.82 Å². The van der Waals surface area contributed by atoms with Crippen LogP contribution >= 0.6 is 15.9 Å². The van der Waals surface area contributed by atoms with Crippen molar-refractivity contribution in [3.8, 4) is 0 Å². The zero-order valence-electron chi connectivity index (χ0n) is 10.2. The summed E-state index contributed by atoms with van der Waals surface area (Å²) in [4.78, 5) is 6.85. The first kappa shape index (κ1) is 12.8. The molecule has 0 saturated carbocycles. The minimum absolute atomic E-state index is 0.0503. The SMILES string of the molecule is CCC1CCCCN1c1ncc(Br)cc1CO. The first-order chi connectivity index (χ1) is 8.26. The second kappa shape index (κ2) is 5.83. The number of hydrogen-bond donors (Lipinski definition) is 1. The molecule has 94 valence electrons. The van der Waals surface area contributed by atoms with Gasteiger partial charge in [0, 0.05) is 28.8 Å². The van der Waals surface area contributed by atoms with Crippen molar-refractivity contribution in [3.63, 3.8) is 0 Å². The van der Waals surface area contributed by atoms with E-state index in [2.05, 4.69) is 32.7 Å². The molecule has 1 fully saturated rings. The molecule has 2 rings (SSSR count). The number of anilines is 1. The highest BCUT2D eigenvalue weighted by molar-refractivity contribution is 9.10. The number of halogens is 1. The number of piperidine rings is 1. The third-order valence-electron chi connectivity index (χ3n) is 3.45. The maximum Gasteiger partial charge on any atom is 0.134 e. The zero-order valence-corrected chi connectivity index (χ0v) is 11.8. The Morgan fingerprint density at radius 3 is 3.06 bits per heavy atom. The second-order valence-electron chi connectivity index (χ2n) is 4.55. The van der Waals surface area contributed by atoms with Crippen LogP contribution in [0.5, 0.6) is 0 Å². The van der Waals surface area contributed by atoms with Crippen LogP contribution in [0.15, 0.2) is 16.7 Å². The molecule has 0 aromatic carbocycles. The molecule has 4 heteroatoms. The van der Waals surface area contributed by atoms with Crippen molar-refractivity contribution in [2.45, 2.75) is 45.3 Å². The normalized spacial score (nSPS) is 20.6. The number of pyridine rings is 1. The number of rotatable bonds is 3. The van der Waals surface area contributed by atoms with Gasteiger partial charge < -0.3 is 10.0 Å². The van der Waals surface area contributed by atoms with E-state index < -0.39 is 0 Å². The number of aromatic nitrogens is 1. The fraction of sp³-hybridized carbons (Fsp3) is 0.615. The summed E-state index contributed by atoms with van der Waals surface area (Å²) in [6.45, 7) is 3.33. The molecular weight excluding hydrogens is 280 g/mol. The molecule has 0 spiro atoms. The van der Waals surface area contributed by atoms with Gasteiger partial charge >= 0.3 is 0 Å². The predicted octanol–water partition coefficient (Wildman–Crippen LogP) is 3.11. The third kappa shape index (κ3) is 2.80. The van der Waals surface area contributed by atoms with Crippen LogP contribution in [0.2, 0.25) is 0 Å². The molecule has 0 radical (unpaired) electrons. The van der Waals surface area contributed by atoms with Crippen LogP contribution in [0.25, 0.3) is 0 Å². The summed E-state index contributed by atoms with van der Waals surface area (Å²) in [6, 6.07) is 2.53. The van der Waals surface area contributed by atoms with Gasteiger partial charge in [0.05, 0.1) is 6.61 Å². The first-order valence-electron chi connectivity index (χ1n) is 6.28. The lowest BCUT2D eigenvalue weighted by Gasteiger charge is -2.37. The molecule has 0 amide bonds. The smallest absolute Gasteiger partial charge is 0.134 e. The summed E-state index contributed by atoms with van der Waals surface area (Å²) in [5.74, 6) is 0.960. The molecule has 3 nitrogen and oxygen atoms in total. The van der Waals surface area contributed by atoms with Gasteiger partial charge in [-0.2, -0.15) is 0 Å². The van der Waals surface area contributed by atoms with E-state index in [0.29, 0.717) is 6.04 Å². The van der Waals surface area contributed by atoms with Crippen LogP contribution in [-0.4, -0.2) is 22.7 Å². The summed E-state index contributed by atoms with van der Waals surface area (Å²) in [6.07, 6.45) is 6.72. The average molecular weight is 299 g/mol. The van der Waals surface area contributed by atoms with Crippen LogP contribution < -0.4 is 4.90 Å². The van der Waals surface area contributed by atoms with E-state index in [1.807, 2.05) is 12.3 Å². The molecule has 1 unspecified atom stereocenters. The standard InChI is InChI=1S/C13H19BrN2O/c1-2-12-5-3-4-6-16(12)13-10(9-17)7-11(14)8-15-13/h7-8,12,17H,2-6,9H2,1H3. The molecule has 0 aliphatic carbocycles. The Kier molecular flexibility index (Phi) is 4.40. The topological polar surface area (TPSA) is 36.4 Å². The van der Waals surface area contributed by atoms with Crippen LogP contribution in [0.1, 0.15) is 38.2 Å². The molecule has 0 bridgehead atoms. The van der Waals surface area contributed by atoms with Gasteiger partial charge in [-0.25, -0.2) is 4.98 Å². The molecule has 1 aliphatic heterocycles. The Labute approximate surface area is 111 Å². The highest BCUT2D eigenvalue weighted by atomic mass is 79.9. The van der Waals surface area contributed by atoms with Gasteiger partial charge in [-0.1, -0.05) is 6.92 Å². The number of aliphatic hydroxyl groups excluding tert-OH is 1. The van der Waals surface area contributed by atoms with E-state index in [0.717, 1.165) is 28.8 Å². The summed E-state index contributed by atoms with van der Waals surface area (Å²) in [5, 5.41) is 9.44. The van der Waals surface area contributed by atoms with Crippen molar-refractivity contribution in [1.29, 1.82) is 0 Å². The maximum atomic E-state index is 9.44. The van der Waals surface area contributed by atoms with Crippen molar-refractivity contribution in [2.24, 2.45) is 0 Å². The molecule has 1 N–H and O–H groups in total. The van der Waals surface area contributed by atoms with E-state index in [4.69, 9.17) is 0 Å². The Morgan fingerprint density at radius 2 is 2.35 bits per heavy atom. The van der Waals surface area contributed by atoms with Gasteiger partial charge in [0.2, 0.25) is 0 Å². The Morgan fingerprint density at radius 1 is 1.53 bits per heavy atom. The van der Waals surface area contributed by atoms with Gasteiger partial charge in [0.15, 0.2) is 0 Å². The Balaban J connectivity index is 2.30. The van der Waals surface area contributed by atoms with Crippen molar-refractivity contribution in [1.82, 2.24) is 4.98 Å². The maximum absolute atomic E-state index is 9.44. The third-order valence-corrected chi connectivity index (χ3v) is 3.88. The zero-order chi connectivity index (χ0) is 12.3. The van der Waals surface area contributed by atoms with Crippen molar-refractivity contribution in [3.05, 3.63) is 22.3 Å². The molecule has 1 aliphatic rings. The quantitative estimate of drug-likeness (QED) is 0.931. The molecule has 17 heavy (non-hydrogen) atoms. The minimum Gasteiger partial charge on any atom is -0.392 e. The predicted molar refractivity (Wildman–Crippen MR) is 73.1 cm³/mol. The van der Waals surface area contributed by atoms with Crippen LogP contribution in [0.4, 0.5) is 5.82 Å². The van der Waals surface area contributed by atoms with E-state index in [1.54, 1.807) is 0 Å². The molecular formula is C13H19BrN2O. The highest BCUT2D eigenvalue weighted by Gasteiger charge is 2.23. The largest absolute Gasteiger partial charge is 0.392 e. The van der Waals surface area contributed by atoms with E-state index >= 15 is 0 Å². The Bertz CT molecular complexity index is 384. The van der Waals surface area contributed by atoms with Crippen molar-refractivity contribution < 1.29 is 5.11 Å². The van der Waals surface area contributed by atoms with Crippen molar-refractivity contribution in [2.75, 3.05) is 11.4 Å². The molecule has 1 saturated heterocycles. The van der Waals surface area contributed by atoms with Gasteiger partial charge in [-0.15, -0.1) is 0 Å². The lowest BCUT2D eigenvalue weighted by Crippen LogP contribution is -2.40. The molecule has 2 heterocycles. The van der Waals surface area contributed by atoms with Crippen LogP contribution in [0, 0.1) is 0 Å². The average Bonchev–Trinajstić information content (AvgIpc) is 2.38. The van der Waals surface area contributed by atoms with Crippen LogP contribution in [0.3, 0.4) is 0 Å². The number of nitrogens with zero attached hydrogens (tertiary/aromatic N) is 2. The summed E-state index contributed by atoms with van der Waals surface area (Å²) < 4.78 is 0.926. The fourth-order valence-corrected chi connectivity index (χ4v) is 2.93. The summed E-state index contributed by atoms with van der Waals surface area (Å²) >= 11 is 3.40. The van der Waals surface area contributed by atoms with E-state index in [1.165, 1.54) is 19.3 Å². The molecule has 1 atom stereocenters. The summed E-state index contributed by atoms with van der Waals surface area (Å²) in [7, 11) is 0. The highest BCUT2D eigenvalue weighted by Crippen LogP contribution is 2.29. The number of hydrogen-bond acceptors (Lipinski definition) is 3. The van der Waals surface area contributed by atoms with Gasteiger partial charge in [-0.05, 0) is 47.7 Å².